The van der Waals surface area contributed by atoms with Crippen molar-refractivity contribution in [2.24, 2.45) is 11.7 Å². The molecule has 6 heteroatoms. The second-order valence-corrected chi connectivity index (χ2v) is 5.73. The molecule has 1 atom stereocenters. The van der Waals surface area contributed by atoms with E-state index in [2.05, 4.69) is 39.8 Å². The molecule has 0 radical (unpaired) electrons. The molecule has 0 unspecified atom stereocenters. The molecule has 1 aliphatic heterocycles. The van der Waals surface area contributed by atoms with Gasteiger partial charge in [0.25, 0.3) is 0 Å². The molecule has 1 fully saturated rings. The molecule has 1 aromatic rings. The van der Waals surface area contributed by atoms with Gasteiger partial charge in [0.15, 0.2) is 0 Å². The number of hydrogen-bond donors (Lipinski definition) is 3. The number of hydrogen-bond acceptors (Lipinski definition) is 3. The van der Waals surface area contributed by atoms with Gasteiger partial charge in [-0.05, 0) is 30.9 Å². The van der Waals surface area contributed by atoms with Gasteiger partial charge in [0, 0.05) is 19.6 Å². The van der Waals surface area contributed by atoms with E-state index in [4.69, 9.17) is 5.73 Å². The predicted octanol–water partition coefficient (Wildman–Crippen LogP) is 0.683. The van der Waals surface area contributed by atoms with Gasteiger partial charge in [-0.15, -0.1) is 0 Å². The summed E-state index contributed by atoms with van der Waals surface area (Å²) in [5, 5.41) is 5.08. The summed E-state index contributed by atoms with van der Waals surface area (Å²) in [6.45, 7) is 3.76. The normalized spacial score (nSPS) is 18.1. The van der Waals surface area contributed by atoms with Crippen LogP contribution in [0.15, 0.2) is 30.3 Å². The molecule has 2 rings (SSSR count). The van der Waals surface area contributed by atoms with Crippen LogP contribution in [0.25, 0.3) is 0 Å². The second kappa shape index (κ2) is 8.38. The van der Waals surface area contributed by atoms with Crippen LogP contribution in [-0.4, -0.2) is 43.0 Å². The first-order valence-corrected chi connectivity index (χ1v) is 7.70. The molecule has 120 valence electrons. The van der Waals surface area contributed by atoms with E-state index in [0.717, 1.165) is 26.1 Å². The van der Waals surface area contributed by atoms with Crippen molar-refractivity contribution >= 4 is 11.9 Å². The number of nitrogens with zero attached hydrogens (tertiary/aromatic N) is 1. The third kappa shape index (κ3) is 5.73. The molecule has 4 N–H and O–H groups in total. The van der Waals surface area contributed by atoms with E-state index in [-0.39, 0.29) is 12.5 Å². The highest BCUT2D eigenvalue weighted by atomic mass is 16.2. The molecule has 0 aliphatic carbocycles. The standard InChI is InChI=1S/C16H24N4O2/c17-16(22)19-10-15(21)18-8-6-14-7-9-20(12-14)11-13-4-2-1-3-5-13/h1-5,14H,6-12H2,(H,18,21)(H3,17,19,22)/t14-/m1/s1. The molecule has 1 heterocycles. The monoisotopic (exact) mass is 304 g/mol. The van der Waals surface area contributed by atoms with E-state index in [9.17, 15) is 9.59 Å². The minimum atomic E-state index is -0.678. The summed E-state index contributed by atoms with van der Waals surface area (Å²) in [6, 6.07) is 9.80. The first-order valence-electron chi connectivity index (χ1n) is 7.70. The van der Waals surface area contributed by atoms with E-state index in [0.29, 0.717) is 12.5 Å². The highest BCUT2D eigenvalue weighted by Gasteiger charge is 2.22. The van der Waals surface area contributed by atoms with Crippen molar-refractivity contribution in [1.29, 1.82) is 0 Å². The smallest absolute Gasteiger partial charge is 0.312 e. The summed E-state index contributed by atoms with van der Waals surface area (Å²) in [4.78, 5) is 24.4. The van der Waals surface area contributed by atoms with Crippen molar-refractivity contribution in [3.8, 4) is 0 Å². The van der Waals surface area contributed by atoms with E-state index in [1.807, 2.05) is 6.07 Å². The van der Waals surface area contributed by atoms with Crippen molar-refractivity contribution in [3.05, 3.63) is 35.9 Å². The van der Waals surface area contributed by atoms with Gasteiger partial charge >= 0.3 is 6.03 Å². The number of primary amides is 1. The highest BCUT2D eigenvalue weighted by Crippen LogP contribution is 2.20. The van der Waals surface area contributed by atoms with Crippen LogP contribution in [0.5, 0.6) is 0 Å². The number of urea groups is 1. The molecule has 3 amide bonds. The largest absolute Gasteiger partial charge is 0.355 e. The van der Waals surface area contributed by atoms with Gasteiger partial charge in [-0.2, -0.15) is 0 Å². The zero-order chi connectivity index (χ0) is 15.8. The Bertz CT molecular complexity index is 492. The van der Waals surface area contributed by atoms with Crippen LogP contribution in [0.4, 0.5) is 4.79 Å². The maximum absolute atomic E-state index is 11.4. The average Bonchev–Trinajstić information content (AvgIpc) is 2.93. The Morgan fingerprint density at radius 3 is 2.73 bits per heavy atom. The van der Waals surface area contributed by atoms with E-state index in [1.54, 1.807) is 0 Å². The minimum absolute atomic E-state index is 0.0554. The summed E-state index contributed by atoms with van der Waals surface area (Å²) in [6.07, 6.45) is 2.13. The van der Waals surface area contributed by atoms with Crippen molar-refractivity contribution in [1.82, 2.24) is 15.5 Å². The number of nitrogens with one attached hydrogen (secondary N) is 2. The van der Waals surface area contributed by atoms with Crippen molar-refractivity contribution in [2.75, 3.05) is 26.2 Å². The number of benzene rings is 1. The molecule has 1 aromatic carbocycles. The number of rotatable bonds is 7. The molecule has 0 bridgehead atoms. The van der Waals surface area contributed by atoms with Crippen LogP contribution in [0.2, 0.25) is 0 Å². The molecule has 22 heavy (non-hydrogen) atoms. The topological polar surface area (TPSA) is 87.5 Å². The summed E-state index contributed by atoms with van der Waals surface area (Å²) in [5.74, 6) is 0.422. The molecule has 0 aromatic heterocycles. The number of likely N-dealkylation sites (tertiary alicyclic amines) is 1. The lowest BCUT2D eigenvalue weighted by Gasteiger charge is -2.16. The van der Waals surface area contributed by atoms with Crippen LogP contribution >= 0.6 is 0 Å². The fourth-order valence-electron chi connectivity index (χ4n) is 2.78. The zero-order valence-corrected chi connectivity index (χ0v) is 12.8. The van der Waals surface area contributed by atoms with Gasteiger partial charge in [-0.25, -0.2) is 4.79 Å². The Morgan fingerprint density at radius 1 is 1.23 bits per heavy atom. The molecule has 0 saturated carbocycles. The maximum Gasteiger partial charge on any atom is 0.312 e. The Labute approximate surface area is 131 Å². The summed E-state index contributed by atoms with van der Waals surface area (Å²) in [5.41, 5.74) is 6.25. The van der Waals surface area contributed by atoms with E-state index < -0.39 is 6.03 Å². The van der Waals surface area contributed by atoms with Crippen LogP contribution in [-0.2, 0) is 11.3 Å². The fourth-order valence-corrected chi connectivity index (χ4v) is 2.78. The SMILES string of the molecule is NC(=O)NCC(=O)NCC[C@@H]1CCN(Cc2ccccc2)C1. The van der Waals surface area contributed by atoms with Gasteiger partial charge in [0.05, 0.1) is 6.54 Å². The zero-order valence-electron chi connectivity index (χ0n) is 12.8. The third-order valence-electron chi connectivity index (χ3n) is 3.92. The van der Waals surface area contributed by atoms with Crippen LogP contribution in [0.1, 0.15) is 18.4 Å². The molecule has 6 nitrogen and oxygen atoms in total. The Hall–Kier alpha value is -2.08. The first-order chi connectivity index (χ1) is 10.6. The van der Waals surface area contributed by atoms with E-state index in [1.165, 1.54) is 12.0 Å². The highest BCUT2D eigenvalue weighted by molar-refractivity contribution is 5.83. The second-order valence-electron chi connectivity index (χ2n) is 5.73. The Kier molecular flexibility index (Phi) is 6.21. The summed E-state index contributed by atoms with van der Waals surface area (Å²) < 4.78 is 0. The summed E-state index contributed by atoms with van der Waals surface area (Å²) in [7, 11) is 0. The number of carbonyl (C=O) groups is 2. The molecule has 1 aliphatic rings. The van der Waals surface area contributed by atoms with Crippen molar-refractivity contribution < 1.29 is 9.59 Å². The average molecular weight is 304 g/mol. The summed E-state index contributed by atoms with van der Waals surface area (Å²) >= 11 is 0. The molecular formula is C16H24N4O2. The lowest BCUT2D eigenvalue weighted by molar-refractivity contribution is -0.120. The van der Waals surface area contributed by atoms with Crippen molar-refractivity contribution in [3.63, 3.8) is 0 Å². The lowest BCUT2D eigenvalue weighted by atomic mass is 10.1. The Balaban J connectivity index is 1.60. The minimum Gasteiger partial charge on any atom is -0.355 e. The van der Waals surface area contributed by atoms with Gasteiger partial charge in [0.2, 0.25) is 5.91 Å². The van der Waals surface area contributed by atoms with Gasteiger partial charge < -0.3 is 16.4 Å². The number of nitrogens with two attached hydrogens (primary N) is 1. The molecule has 0 spiro atoms. The predicted molar refractivity (Wildman–Crippen MR) is 85.0 cm³/mol. The first kappa shape index (κ1) is 16.3. The van der Waals surface area contributed by atoms with E-state index >= 15 is 0 Å². The van der Waals surface area contributed by atoms with Gasteiger partial charge in [0.1, 0.15) is 0 Å². The number of carbonyl (C=O) groups excluding carboxylic acids is 2. The molecular weight excluding hydrogens is 280 g/mol. The maximum atomic E-state index is 11.4. The van der Waals surface area contributed by atoms with Crippen LogP contribution in [0, 0.1) is 5.92 Å². The quantitative estimate of drug-likeness (QED) is 0.692. The molecule has 1 saturated heterocycles. The van der Waals surface area contributed by atoms with Gasteiger partial charge in [-0.1, -0.05) is 30.3 Å². The Morgan fingerprint density at radius 2 is 2.00 bits per heavy atom. The number of amides is 3. The van der Waals surface area contributed by atoms with Gasteiger partial charge in [-0.3, -0.25) is 9.69 Å². The van der Waals surface area contributed by atoms with Crippen LogP contribution in [0.3, 0.4) is 0 Å². The third-order valence-corrected chi connectivity index (χ3v) is 3.92. The van der Waals surface area contributed by atoms with Crippen molar-refractivity contribution in [2.45, 2.75) is 19.4 Å². The fraction of sp³-hybridized carbons (Fsp3) is 0.500. The van der Waals surface area contributed by atoms with Crippen LogP contribution < -0.4 is 16.4 Å². The lowest BCUT2D eigenvalue weighted by Crippen LogP contribution is -2.39.